The maximum Gasteiger partial charge on any atom is 0.148 e. The van der Waals surface area contributed by atoms with Crippen LogP contribution in [0, 0.1) is 17.1 Å². The molecule has 0 spiro atoms. The van der Waals surface area contributed by atoms with Crippen molar-refractivity contribution in [2.45, 2.75) is 18.8 Å². The Kier molecular flexibility index (Phi) is 3.48. The maximum atomic E-state index is 13.3. The van der Waals surface area contributed by atoms with Crippen molar-refractivity contribution in [3.05, 3.63) is 47.8 Å². The van der Waals surface area contributed by atoms with Gasteiger partial charge in [-0.2, -0.15) is 5.26 Å². The van der Waals surface area contributed by atoms with Crippen molar-refractivity contribution in [3.8, 4) is 11.8 Å². The van der Waals surface area contributed by atoms with Gasteiger partial charge < -0.3 is 5.32 Å². The first-order valence-electron chi connectivity index (χ1n) is 6.73. The largest absolute Gasteiger partial charge is 0.317 e. The molecule has 1 aliphatic heterocycles. The second-order valence-corrected chi connectivity index (χ2v) is 4.96. The monoisotopic (exact) mass is 270 g/mol. The van der Waals surface area contributed by atoms with E-state index in [0.29, 0.717) is 17.3 Å². The average Bonchev–Trinajstić information content (AvgIpc) is 2.92. The normalized spacial score (nSPS) is 16.0. The van der Waals surface area contributed by atoms with E-state index in [-0.39, 0.29) is 5.82 Å². The zero-order chi connectivity index (χ0) is 13.9. The van der Waals surface area contributed by atoms with Crippen molar-refractivity contribution in [2.75, 3.05) is 13.1 Å². The molecule has 5 heteroatoms. The van der Waals surface area contributed by atoms with E-state index in [2.05, 4.69) is 16.4 Å². The topological polar surface area (TPSA) is 53.6 Å². The van der Waals surface area contributed by atoms with Gasteiger partial charge in [0.25, 0.3) is 0 Å². The van der Waals surface area contributed by atoms with Crippen molar-refractivity contribution < 1.29 is 4.39 Å². The van der Waals surface area contributed by atoms with Crippen molar-refractivity contribution in [3.63, 3.8) is 0 Å². The summed E-state index contributed by atoms with van der Waals surface area (Å²) in [4.78, 5) is 4.41. The van der Waals surface area contributed by atoms with Gasteiger partial charge in [0.05, 0.1) is 11.4 Å². The standard InChI is InChI=1S/C15H15FN4/c16-12-2-1-3-13(8-12)20-10-19-15(14(20)9-17)11-4-6-18-7-5-11/h1-3,8,10-11,18H,4-7H2. The summed E-state index contributed by atoms with van der Waals surface area (Å²) in [6.07, 6.45) is 3.58. The van der Waals surface area contributed by atoms with E-state index in [4.69, 9.17) is 0 Å². The van der Waals surface area contributed by atoms with Crippen molar-refractivity contribution >= 4 is 0 Å². The molecule has 102 valence electrons. The highest BCUT2D eigenvalue weighted by molar-refractivity contribution is 5.41. The summed E-state index contributed by atoms with van der Waals surface area (Å²) in [5.41, 5.74) is 1.98. The number of benzene rings is 1. The summed E-state index contributed by atoms with van der Waals surface area (Å²) in [5, 5.41) is 12.7. The van der Waals surface area contributed by atoms with Gasteiger partial charge in [0.15, 0.2) is 0 Å². The molecule has 1 aromatic heterocycles. The highest BCUT2D eigenvalue weighted by Crippen LogP contribution is 2.28. The zero-order valence-corrected chi connectivity index (χ0v) is 11.0. The molecule has 1 aliphatic rings. The number of hydrogen-bond acceptors (Lipinski definition) is 3. The highest BCUT2D eigenvalue weighted by Gasteiger charge is 2.23. The van der Waals surface area contributed by atoms with Crippen LogP contribution in [0.2, 0.25) is 0 Å². The summed E-state index contributed by atoms with van der Waals surface area (Å²) in [6.45, 7) is 1.89. The van der Waals surface area contributed by atoms with Crippen LogP contribution in [0.15, 0.2) is 30.6 Å². The highest BCUT2D eigenvalue weighted by atomic mass is 19.1. The number of nitrogens with zero attached hydrogens (tertiary/aromatic N) is 3. The first-order valence-corrected chi connectivity index (χ1v) is 6.73. The van der Waals surface area contributed by atoms with Crippen LogP contribution >= 0.6 is 0 Å². The summed E-state index contributed by atoms with van der Waals surface area (Å²) in [7, 11) is 0. The number of nitrogens with one attached hydrogen (secondary N) is 1. The predicted molar refractivity (Wildman–Crippen MR) is 73.1 cm³/mol. The number of halogens is 1. The third-order valence-corrected chi connectivity index (χ3v) is 3.71. The molecule has 1 N–H and O–H groups in total. The maximum absolute atomic E-state index is 13.3. The minimum absolute atomic E-state index is 0.306. The molecule has 3 rings (SSSR count). The summed E-state index contributed by atoms with van der Waals surface area (Å²) < 4.78 is 15.0. The van der Waals surface area contributed by atoms with Gasteiger partial charge in [0, 0.05) is 5.92 Å². The van der Waals surface area contributed by atoms with E-state index >= 15 is 0 Å². The first-order chi connectivity index (χ1) is 9.79. The first kappa shape index (κ1) is 12.8. The van der Waals surface area contributed by atoms with E-state index < -0.39 is 0 Å². The third-order valence-electron chi connectivity index (χ3n) is 3.71. The lowest BCUT2D eigenvalue weighted by molar-refractivity contribution is 0.453. The van der Waals surface area contributed by atoms with Gasteiger partial charge in [-0.3, -0.25) is 4.57 Å². The van der Waals surface area contributed by atoms with Crippen LogP contribution < -0.4 is 5.32 Å². The molecule has 20 heavy (non-hydrogen) atoms. The number of hydrogen-bond donors (Lipinski definition) is 1. The summed E-state index contributed by atoms with van der Waals surface area (Å²) in [6, 6.07) is 8.43. The van der Waals surface area contributed by atoms with E-state index in [1.165, 1.54) is 12.1 Å². The van der Waals surface area contributed by atoms with Crippen molar-refractivity contribution in [2.24, 2.45) is 0 Å². The van der Waals surface area contributed by atoms with Crippen molar-refractivity contribution in [1.29, 1.82) is 5.26 Å². The molecule has 1 aromatic carbocycles. The lowest BCUT2D eigenvalue weighted by atomic mass is 9.93. The second-order valence-electron chi connectivity index (χ2n) is 4.96. The molecule has 0 bridgehead atoms. The summed E-state index contributed by atoms with van der Waals surface area (Å²) in [5.74, 6) is -0.00999. The number of piperidine rings is 1. The van der Waals surface area contributed by atoms with E-state index in [1.54, 1.807) is 23.0 Å². The molecule has 0 unspecified atom stereocenters. The Hall–Kier alpha value is -2.19. The van der Waals surface area contributed by atoms with Crippen LogP contribution in [0.4, 0.5) is 4.39 Å². The molecule has 1 fully saturated rings. The summed E-state index contributed by atoms with van der Waals surface area (Å²) >= 11 is 0. The molecule has 0 aliphatic carbocycles. The minimum atomic E-state index is -0.316. The van der Waals surface area contributed by atoms with E-state index in [0.717, 1.165) is 31.6 Å². The molecule has 1 saturated heterocycles. The Labute approximate surface area is 116 Å². The van der Waals surface area contributed by atoms with Gasteiger partial charge in [-0.05, 0) is 44.1 Å². The Balaban J connectivity index is 2.01. The smallest absolute Gasteiger partial charge is 0.148 e. The van der Waals surface area contributed by atoms with Gasteiger partial charge in [0.1, 0.15) is 23.9 Å². The predicted octanol–water partition coefficient (Wildman–Crippen LogP) is 2.35. The Morgan fingerprint density at radius 3 is 2.85 bits per heavy atom. The van der Waals surface area contributed by atoms with Crippen LogP contribution in [0.5, 0.6) is 0 Å². The van der Waals surface area contributed by atoms with Crippen molar-refractivity contribution in [1.82, 2.24) is 14.9 Å². The molecule has 4 nitrogen and oxygen atoms in total. The lowest BCUT2D eigenvalue weighted by Gasteiger charge is -2.21. The van der Waals surface area contributed by atoms with Gasteiger partial charge in [-0.1, -0.05) is 6.07 Å². The molecule has 2 aromatic rings. The Morgan fingerprint density at radius 1 is 1.35 bits per heavy atom. The van der Waals surface area contributed by atoms with Gasteiger partial charge in [-0.25, -0.2) is 9.37 Å². The molecule has 0 saturated carbocycles. The number of rotatable bonds is 2. The number of imidazole rings is 1. The van der Waals surface area contributed by atoms with Crippen LogP contribution in [0.1, 0.15) is 30.1 Å². The average molecular weight is 270 g/mol. The number of aromatic nitrogens is 2. The van der Waals surface area contributed by atoms with Crippen LogP contribution in [0.3, 0.4) is 0 Å². The molecular weight excluding hydrogens is 255 g/mol. The fourth-order valence-electron chi connectivity index (χ4n) is 2.69. The number of nitriles is 1. The van der Waals surface area contributed by atoms with Crippen LogP contribution in [0.25, 0.3) is 5.69 Å². The van der Waals surface area contributed by atoms with E-state index in [1.807, 2.05) is 0 Å². The molecule has 0 radical (unpaired) electrons. The molecule has 0 amide bonds. The van der Waals surface area contributed by atoms with Crippen LogP contribution in [-0.4, -0.2) is 22.6 Å². The molecular formula is C15H15FN4. The SMILES string of the molecule is N#Cc1c(C2CCNCC2)ncn1-c1cccc(F)c1. The Bertz CT molecular complexity index is 650. The lowest BCUT2D eigenvalue weighted by Crippen LogP contribution is -2.27. The van der Waals surface area contributed by atoms with Gasteiger partial charge in [0.2, 0.25) is 0 Å². The van der Waals surface area contributed by atoms with Gasteiger partial charge >= 0.3 is 0 Å². The second kappa shape index (κ2) is 5.43. The molecule has 0 atom stereocenters. The third kappa shape index (κ3) is 2.30. The van der Waals surface area contributed by atoms with Crippen LogP contribution in [-0.2, 0) is 0 Å². The van der Waals surface area contributed by atoms with Gasteiger partial charge in [-0.15, -0.1) is 0 Å². The quantitative estimate of drug-likeness (QED) is 0.911. The Morgan fingerprint density at radius 2 is 2.15 bits per heavy atom. The minimum Gasteiger partial charge on any atom is -0.317 e. The fraction of sp³-hybridized carbons (Fsp3) is 0.333. The molecule has 2 heterocycles. The zero-order valence-electron chi connectivity index (χ0n) is 11.0. The van der Waals surface area contributed by atoms with E-state index in [9.17, 15) is 9.65 Å². The fourth-order valence-corrected chi connectivity index (χ4v) is 2.69.